The third-order valence-corrected chi connectivity index (χ3v) is 21.4. The fourth-order valence-electron chi connectivity index (χ4n) is 13.4. The second kappa shape index (κ2) is 44.3. The van der Waals surface area contributed by atoms with Gasteiger partial charge in [0.15, 0.2) is 11.7 Å². The van der Waals surface area contributed by atoms with Crippen LogP contribution in [0.2, 0.25) is 0 Å². The van der Waals surface area contributed by atoms with Gasteiger partial charge in [-0.15, -0.1) is 0 Å². The van der Waals surface area contributed by atoms with Crippen molar-refractivity contribution in [3.05, 3.63) is 143 Å². The van der Waals surface area contributed by atoms with Crippen molar-refractivity contribution in [2.75, 3.05) is 63.9 Å². The third kappa shape index (κ3) is 27.4. The molecule has 115 heavy (non-hydrogen) atoms. The van der Waals surface area contributed by atoms with Crippen molar-refractivity contribution in [1.82, 2.24) is 42.5 Å². The van der Waals surface area contributed by atoms with E-state index in [2.05, 4.69) is 52.1 Å². The molecular formula is C78H111N13O23S. The minimum absolute atomic E-state index is 0.0225. The number of aliphatic hydroxyl groups excluding tert-OH is 10. The van der Waals surface area contributed by atoms with Crippen molar-refractivity contribution in [1.29, 1.82) is 0 Å². The van der Waals surface area contributed by atoms with Gasteiger partial charge in [-0.1, -0.05) is 74.6 Å². The highest BCUT2D eigenvalue weighted by molar-refractivity contribution is 7.86. The highest BCUT2D eigenvalue weighted by Gasteiger charge is 2.46. The van der Waals surface area contributed by atoms with Crippen molar-refractivity contribution >= 4 is 86.4 Å². The van der Waals surface area contributed by atoms with Crippen molar-refractivity contribution in [3.63, 3.8) is 0 Å². The summed E-state index contributed by atoms with van der Waals surface area (Å²) in [6.45, 7) is 6.24. The van der Waals surface area contributed by atoms with E-state index in [4.69, 9.17) is 16.6 Å². The number of carboxylic acid groups (broad SMARTS) is 1. The number of benzene rings is 3. The average Bonchev–Trinajstić information content (AvgIpc) is 1.59. The summed E-state index contributed by atoms with van der Waals surface area (Å²) in [6.07, 6.45) is -0.607. The van der Waals surface area contributed by atoms with E-state index in [-0.39, 0.29) is 87.6 Å². The number of unbranched alkanes of at least 4 members (excludes halogenated alkanes) is 3. The molecule has 13 atom stereocenters. The van der Waals surface area contributed by atoms with Crippen LogP contribution in [-0.4, -0.2) is 276 Å². The number of carbonyl (C=O) groups is 9. The van der Waals surface area contributed by atoms with Crippen molar-refractivity contribution < 1.29 is 117 Å². The second-order valence-corrected chi connectivity index (χ2v) is 31.4. The maximum atomic E-state index is 14.3. The smallest absolute Gasteiger partial charge is 0.305 e. The Labute approximate surface area is 666 Å². The molecule has 23 N–H and O–H groups in total. The van der Waals surface area contributed by atoms with E-state index in [0.717, 1.165) is 17.0 Å². The Morgan fingerprint density at radius 1 is 0.643 bits per heavy atom. The van der Waals surface area contributed by atoms with Crippen LogP contribution >= 0.6 is 0 Å². The number of allylic oxidation sites excluding steroid dienone is 8. The fourth-order valence-corrected chi connectivity index (χ4v) is 13.8. The monoisotopic (exact) mass is 1630 g/mol. The van der Waals surface area contributed by atoms with Gasteiger partial charge in [0.25, 0.3) is 11.8 Å². The van der Waals surface area contributed by atoms with E-state index >= 15 is 0 Å². The molecule has 1 saturated heterocycles. The Bertz CT molecular complexity index is 4190. The number of carboxylic acids is 1. The average molecular weight is 1630 g/mol. The molecule has 10 unspecified atom stereocenters. The van der Waals surface area contributed by atoms with Gasteiger partial charge >= 0.3 is 5.97 Å². The number of nitrogens with zero attached hydrogens (tertiary/aromatic N) is 3. The molecule has 3 heterocycles. The summed E-state index contributed by atoms with van der Waals surface area (Å²) in [5.74, 6) is -7.59. The van der Waals surface area contributed by atoms with E-state index in [1.807, 2.05) is 50.8 Å². The summed E-state index contributed by atoms with van der Waals surface area (Å²) in [5.41, 5.74) is 14.6. The molecule has 3 aliphatic rings. The second-order valence-electron chi connectivity index (χ2n) is 29.6. The lowest BCUT2D eigenvalue weighted by molar-refractivity contribution is -0.438. The van der Waals surface area contributed by atoms with Gasteiger partial charge in [-0.05, 0) is 120 Å². The topological polar surface area (TPSA) is 600 Å². The van der Waals surface area contributed by atoms with Crippen LogP contribution in [-0.2, 0) is 60.9 Å². The molecule has 0 radical (unpaired) electrons. The number of aliphatic carboxylic acids is 1. The van der Waals surface area contributed by atoms with Crippen LogP contribution in [0.4, 0.5) is 11.4 Å². The number of fused-ring (bicyclic) bond motifs is 2. The molecule has 632 valence electrons. The maximum Gasteiger partial charge on any atom is 0.305 e. The zero-order valence-electron chi connectivity index (χ0n) is 65.0. The molecule has 36 nitrogen and oxygen atoms in total. The molecule has 0 bridgehead atoms. The number of anilines is 1. The standard InChI is InChI=1S/C78H111N13O23S/c1-45(115(112,113)114)31-35-91-56-30-28-48(71(107)84-41-58(95)67(103)69(105)60(97)44-93)38-50(56)78(4,5)62(91)25-14-8-6-7-13-24-61-77(2,3)49-37-47(70(106)83-40-57(94)66(102)68(104)59(96)43-92)27-29-55(49)90(61)34-18-10-15-26-63(98)81-32-17-16-22-52-73(109)87-51(23-19-33-82-76(79)80)72(108)85-42-64(99)86-54(39-65(100)101)75(111)89-53(74(110)88-52)36-46-20-11-9-12-21-46/h6-9,11-14,20-21,24-25,27-30,37-38,45,51-54,57-60,66-69,92-97,102-105H,10,15-19,22-23,26,31-36,39-44H2,1-5H3,(H13-,79,80,81,82,83,84,85,86,87,88,89,98,99,100,101,106,107,108,109,110,111,112,113,114)/t45?,51-,52?,53+,54-,57?,58?,59?,60?,66?,67?,68?,69?/m0/s1. The number of hydrogen-bond acceptors (Lipinski definition) is 24. The number of hydrogen-bond donors (Lipinski definition) is 21. The van der Waals surface area contributed by atoms with Gasteiger partial charge < -0.3 is 120 Å². The van der Waals surface area contributed by atoms with Crippen LogP contribution in [0.15, 0.2) is 120 Å². The Balaban J connectivity index is 1.17. The lowest BCUT2D eigenvalue weighted by Gasteiger charge is -2.28. The quantitative estimate of drug-likeness (QED) is 0.00663. The first-order valence-corrected chi connectivity index (χ1v) is 39.5. The van der Waals surface area contributed by atoms with Crippen molar-refractivity contribution in [2.24, 2.45) is 16.5 Å². The number of aliphatic hydroxyl groups is 10. The zero-order chi connectivity index (χ0) is 85.1. The summed E-state index contributed by atoms with van der Waals surface area (Å²) in [7, 11) is -4.66. The number of carbonyl (C=O) groups excluding carboxylic acids is 8. The molecule has 0 saturated carbocycles. The van der Waals surface area contributed by atoms with Gasteiger partial charge in [0.05, 0.1) is 53.9 Å². The molecule has 3 aromatic rings. The summed E-state index contributed by atoms with van der Waals surface area (Å²) in [5, 5.41) is 129. The number of aliphatic imine (C=N–C) groups is 1. The first-order chi connectivity index (χ1) is 54.3. The van der Waals surface area contributed by atoms with Crippen LogP contribution in [0.1, 0.15) is 143 Å². The van der Waals surface area contributed by atoms with E-state index in [9.17, 15) is 107 Å². The first-order valence-electron chi connectivity index (χ1n) is 38.0. The highest BCUT2D eigenvalue weighted by Crippen LogP contribution is 2.48. The fraction of sp³-hybridized carbons (Fsp3) is 0.526. The van der Waals surface area contributed by atoms with Crippen molar-refractivity contribution in [2.45, 2.75) is 201 Å². The van der Waals surface area contributed by atoms with Gasteiger partial charge in [0.1, 0.15) is 67.3 Å². The molecular weight excluding hydrogens is 1520 g/mol. The van der Waals surface area contributed by atoms with E-state index in [0.29, 0.717) is 54.7 Å². The van der Waals surface area contributed by atoms with E-state index in [1.165, 1.54) is 13.0 Å². The normalized spacial score (nSPS) is 20.7. The van der Waals surface area contributed by atoms with Crippen LogP contribution in [0.3, 0.4) is 0 Å². The molecule has 1 fully saturated rings. The van der Waals surface area contributed by atoms with Gasteiger partial charge in [-0.2, -0.15) is 4.58 Å². The SMILES string of the molecule is CC(CCN1/C(=C/C=C/C=C/C=C/C2=[N+](CCCCCC(=O)NCCCCC3NC(=O)[C@@H](Cc4ccccc4)NC(=O)[C@H](CC(=O)O)NC(=O)CNC(=O)[C@H](CCCN=C(N)N)NC3=O)c3ccc(C(=O)NCC(O)C(O)C(O)C(O)CO)cc3C2(C)C)C(C)(C)c2cc(C(=O)NCC(O)C(O)C(O)C(O)CO)ccc21)S(=O)(=O)[O-]. The van der Waals surface area contributed by atoms with Crippen molar-refractivity contribution in [3.8, 4) is 0 Å². The molecule has 3 aromatic carbocycles. The first kappa shape index (κ1) is 94.0. The number of rotatable bonds is 41. The number of nitrogens with two attached hydrogens (primary N) is 2. The summed E-state index contributed by atoms with van der Waals surface area (Å²) < 4.78 is 38.3. The zero-order valence-corrected chi connectivity index (χ0v) is 65.8. The molecule has 37 heteroatoms. The predicted molar refractivity (Wildman–Crippen MR) is 421 cm³/mol. The van der Waals surface area contributed by atoms with Gasteiger partial charge in [0.2, 0.25) is 41.1 Å². The Hall–Kier alpha value is -9.90. The van der Waals surface area contributed by atoms with E-state index < -0.39 is 186 Å². The molecule has 6 rings (SSSR count). The Morgan fingerprint density at radius 3 is 1.79 bits per heavy atom. The molecule has 0 aromatic heterocycles. The lowest BCUT2D eigenvalue weighted by Crippen LogP contribution is -2.58. The number of guanidine groups is 1. The maximum absolute atomic E-state index is 14.3. The molecule has 0 spiro atoms. The minimum Gasteiger partial charge on any atom is -0.748 e. The molecule has 3 aliphatic heterocycles. The largest absolute Gasteiger partial charge is 0.748 e. The number of amides is 8. The third-order valence-electron chi connectivity index (χ3n) is 20.2. The summed E-state index contributed by atoms with van der Waals surface area (Å²) in [6, 6.07) is 12.7. The molecule has 8 amide bonds. The highest BCUT2D eigenvalue weighted by atomic mass is 32.2. The summed E-state index contributed by atoms with van der Waals surface area (Å²) >= 11 is 0. The van der Waals surface area contributed by atoms with Crippen LogP contribution in [0, 0.1) is 0 Å². The van der Waals surface area contributed by atoms with Crippen LogP contribution in [0.5, 0.6) is 0 Å². The Kier molecular flexibility index (Phi) is 36.2. The predicted octanol–water partition coefficient (Wildman–Crippen LogP) is -3.24. The number of nitrogens with one attached hydrogen (secondary N) is 8. The van der Waals surface area contributed by atoms with Gasteiger partial charge in [-0.25, -0.2) is 8.42 Å². The van der Waals surface area contributed by atoms with Crippen LogP contribution < -0.4 is 58.9 Å². The summed E-state index contributed by atoms with van der Waals surface area (Å²) in [4.78, 5) is 127. The van der Waals surface area contributed by atoms with Crippen LogP contribution in [0.25, 0.3) is 0 Å². The lowest BCUT2D eigenvalue weighted by atomic mass is 9.80. The van der Waals surface area contributed by atoms with Gasteiger partial charge in [-0.3, -0.25) is 48.1 Å². The Morgan fingerprint density at radius 2 is 1.19 bits per heavy atom. The van der Waals surface area contributed by atoms with E-state index in [1.54, 1.807) is 85.0 Å². The minimum atomic E-state index is -4.66. The van der Waals surface area contributed by atoms with Gasteiger partial charge in [0, 0.05) is 103 Å². The molecule has 0 aliphatic carbocycles.